The SMILES string of the molecule is c1ccc(-c2cnc(-c3ccc4c(c3)sc3ccc5c6ccccc6n(-c6ccccc6)c5c34)c(Cc3nc(-c4ccccc4)nc(-c4ccccc4)n3)c2)cc1. The summed E-state index contributed by atoms with van der Waals surface area (Å²) in [6, 6.07) is 63.8. The maximum atomic E-state index is 5.21. The van der Waals surface area contributed by atoms with E-state index in [1.165, 1.54) is 42.0 Å². The number of benzene rings is 7. The average molecular weight is 748 g/mol. The van der Waals surface area contributed by atoms with E-state index in [0.29, 0.717) is 23.9 Å². The maximum absolute atomic E-state index is 5.21. The van der Waals surface area contributed by atoms with E-state index in [-0.39, 0.29) is 0 Å². The van der Waals surface area contributed by atoms with Crippen molar-refractivity contribution in [3.8, 4) is 50.8 Å². The number of fused-ring (bicyclic) bond motifs is 7. The first-order chi connectivity index (χ1) is 28.2. The zero-order valence-corrected chi connectivity index (χ0v) is 31.6. The van der Waals surface area contributed by atoms with Crippen LogP contribution in [0, 0.1) is 0 Å². The molecule has 0 fully saturated rings. The van der Waals surface area contributed by atoms with Gasteiger partial charge in [-0.3, -0.25) is 4.98 Å². The first-order valence-electron chi connectivity index (χ1n) is 19.1. The summed E-state index contributed by atoms with van der Waals surface area (Å²) < 4.78 is 4.91. The van der Waals surface area contributed by atoms with Crippen molar-refractivity contribution in [2.75, 3.05) is 0 Å². The number of pyridine rings is 1. The van der Waals surface area contributed by atoms with Crippen LogP contribution < -0.4 is 0 Å². The van der Waals surface area contributed by atoms with Crippen LogP contribution in [0.2, 0.25) is 0 Å². The summed E-state index contributed by atoms with van der Waals surface area (Å²) in [6.07, 6.45) is 2.47. The maximum Gasteiger partial charge on any atom is 0.163 e. The Hall–Kier alpha value is -7.28. The lowest BCUT2D eigenvalue weighted by molar-refractivity contribution is 0.930. The van der Waals surface area contributed by atoms with Gasteiger partial charge in [0.05, 0.1) is 16.7 Å². The molecule has 0 bridgehead atoms. The van der Waals surface area contributed by atoms with Crippen LogP contribution >= 0.6 is 11.3 Å². The highest BCUT2D eigenvalue weighted by molar-refractivity contribution is 7.26. The number of para-hydroxylation sites is 2. The van der Waals surface area contributed by atoms with Crippen LogP contribution in [-0.4, -0.2) is 24.5 Å². The molecule has 0 saturated carbocycles. The van der Waals surface area contributed by atoms with E-state index >= 15 is 0 Å². The summed E-state index contributed by atoms with van der Waals surface area (Å²) in [7, 11) is 0. The molecule has 0 atom stereocenters. The van der Waals surface area contributed by atoms with E-state index in [2.05, 4.69) is 120 Å². The molecule has 0 radical (unpaired) electrons. The van der Waals surface area contributed by atoms with Crippen LogP contribution in [0.5, 0.6) is 0 Å². The molecule has 4 heterocycles. The van der Waals surface area contributed by atoms with Crippen LogP contribution in [0.25, 0.3) is 92.8 Å². The Balaban J connectivity index is 1.09. The van der Waals surface area contributed by atoms with Crippen molar-refractivity contribution in [1.82, 2.24) is 24.5 Å². The fraction of sp³-hybridized carbons (Fsp3) is 0.0196. The van der Waals surface area contributed by atoms with Gasteiger partial charge in [0.1, 0.15) is 5.82 Å². The van der Waals surface area contributed by atoms with E-state index in [1.807, 2.05) is 84.3 Å². The number of hydrogen-bond acceptors (Lipinski definition) is 5. The van der Waals surface area contributed by atoms with Crippen molar-refractivity contribution in [1.29, 1.82) is 0 Å². The van der Waals surface area contributed by atoms with Gasteiger partial charge < -0.3 is 4.57 Å². The van der Waals surface area contributed by atoms with Gasteiger partial charge in [-0.05, 0) is 47.5 Å². The van der Waals surface area contributed by atoms with Gasteiger partial charge in [0, 0.05) is 71.5 Å². The van der Waals surface area contributed by atoms with Crippen molar-refractivity contribution in [2.45, 2.75) is 6.42 Å². The van der Waals surface area contributed by atoms with Crippen LogP contribution in [0.4, 0.5) is 0 Å². The molecule has 0 amide bonds. The van der Waals surface area contributed by atoms with E-state index in [4.69, 9.17) is 19.9 Å². The lowest BCUT2D eigenvalue weighted by Crippen LogP contribution is -2.05. The quantitative estimate of drug-likeness (QED) is 0.163. The average Bonchev–Trinajstić information content (AvgIpc) is 3.83. The first-order valence-corrected chi connectivity index (χ1v) is 19.9. The Morgan fingerprint density at radius 2 is 1.07 bits per heavy atom. The second-order valence-electron chi connectivity index (χ2n) is 14.2. The largest absolute Gasteiger partial charge is 0.309 e. The van der Waals surface area contributed by atoms with Gasteiger partial charge in [-0.25, -0.2) is 15.0 Å². The molecule has 0 N–H and O–H groups in total. The zero-order valence-electron chi connectivity index (χ0n) is 30.7. The minimum absolute atomic E-state index is 0.480. The van der Waals surface area contributed by atoms with Gasteiger partial charge in [0.25, 0.3) is 0 Å². The van der Waals surface area contributed by atoms with Crippen LogP contribution in [0.15, 0.2) is 188 Å². The molecule has 0 aliphatic carbocycles. The summed E-state index contributed by atoms with van der Waals surface area (Å²) >= 11 is 1.83. The topological polar surface area (TPSA) is 56.5 Å². The highest BCUT2D eigenvalue weighted by Gasteiger charge is 2.20. The zero-order chi connectivity index (χ0) is 37.7. The Bertz CT molecular complexity index is 3190. The van der Waals surface area contributed by atoms with Gasteiger partial charge in [-0.1, -0.05) is 146 Å². The van der Waals surface area contributed by atoms with Crippen molar-refractivity contribution in [3.63, 3.8) is 0 Å². The van der Waals surface area contributed by atoms with E-state index in [0.717, 1.165) is 44.8 Å². The van der Waals surface area contributed by atoms with Crippen LogP contribution in [0.3, 0.4) is 0 Å². The summed E-state index contributed by atoms with van der Waals surface area (Å²) in [4.78, 5) is 20.3. The molecular weight excluding hydrogens is 715 g/mol. The monoisotopic (exact) mass is 747 g/mol. The summed E-state index contributed by atoms with van der Waals surface area (Å²) in [5.74, 6) is 1.99. The third kappa shape index (κ3) is 5.86. The minimum atomic E-state index is 0.480. The highest BCUT2D eigenvalue weighted by atomic mass is 32.1. The second kappa shape index (κ2) is 13.8. The van der Waals surface area contributed by atoms with E-state index < -0.39 is 0 Å². The lowest BCUT2D eigenvalue weighted by atomic mass is 9.98. The number of hydrogen-bond donors (Lipinski definition) is 0. The molecule has 7 aromatic carbocycles. The molecule has 5 nitrogen and oxygen atoms in total. The van der Waals surface area contributed by atoms with Gasteiger partial charge in [-0.2, -0.15) is 0 Å². The summed E-state index contributed by atoms with van der Waals surface area (Å²) in [5, 5.41) is 5.03. The Kier molecular flexibility index (Phi) is 8.00. The predicted octanol–water partition coefficient (Wildman–Crippen LogP) is 13.0. The van der Waals surface area contributed by atoms with E-state index in [9.17, 15) is 0 Å². The molecular formula is C51H33N5S. The van der Waals surface area contributed by atoms with E-state index in [1.54, 1.807) is 0 Å². The summed E-state index contributed by atoms with van der Waals surface area (Å²) in [6.45, 7) is 0. The molecule has 0 saturated heterocycles. The van der Waals surface area contributed by atoms with Gasteiger partial charge in [0.15, 0.2) is 11.6 Å². The van der Waals surface area contributed by atoms with Crippen molar-refractivity contribution < 1.29 is 0 Å². The van der Waals surface area contributed by atoms with Gasteiger partial charge >= 0.3 is 0 Å². The molecule has 0 unspecified atom stereocenters. The fourth-order valence-corrected chi connectivity index (χ4v) is 9.25. The molecule has 11 aromatic rings. The number of thiophene rings is 1. The standard InChI is InChI=1S/C51H33N5S/c1-5-15-33(16-6-1)38-29-37(31-46-53-50(34-17-7-2-8-18-34)55-51(54-46)35-19-9-3-10-20-35)48(52-32-38)36-25-26-42-45(30-36)57-44-28-27-41-40-23-13-14-24-43(40)56(49(41)47(42)44)39-21-11-4-12-22-39/h1-30,32H,31H2. The van der Waals surface area contributed by atoms with Crippen LogP contribution in [0.1, 0.15) is 11.4 Å². The van der Waals surface area contributed by atoms with Crippen molar-refractivity contribution in [2.24, 2.45) is 0 Å². The number of aromatic nitrogens is 5. The minimum Gasteiger partial charge on any atom is -0.309 e. The summed E-state index contributed by atoms with van der Waals surface area (Å²) in [5.41, 5.74) is 10.7. The molecule has 57 heavy (non-hydrogen) atoms. The molecule has 268 valence electrons. The van der Waals surface area contributed by atoms with Gasteiger partial charge in [-0.15, -0.1) is 11.3 Å². The molecule has 0 aliphatic heterocycles. The Labute approximate surface area is 333 Å². The first kappa shape index (κ1) is 33.1. The fourth-order valence-electron chi connectivity index (χ4n) is 8.10. The lowest BCUT2D eigenvalue weighted by Gasteiger charge is -2.13. The second-order valence-corrected chi connectivity index (χ2v) is 15.3. The van der Waals surface area contributed by atoms with Crippen LogP contribution in [-0.2, 0) is 6.42 Å². The van der Waals surface area contributed by atoms with Crippen molar-refractivity contribution in [3.05, 3.63) is 200 Å². The predicted molar refractivity (Wildman–Crippen MR) is 236 cm³/mol. The molecule has 11 rings (SSSR count). The molecule has 6 heteroatoms. The third-order valence-electron chi connectivity index (χ3n) is 10.7. The third-order valence-corrected chi connectivity index (χ3v) is 11.8. The molecule has 0 spiro atoms. The number of rotatable bonds is 7. The molecule has 0 aliphatic rings. The Morgan fingerprint density at radius 1 is 0.456 bits per heavy atom. The van der Waals surface area contributed by atoms with Gasteiger partial charge in [0.2, 0.25) is 0 Å². The Morgan fingerprint density at radius 3 is 1.77 bits per heavy atom. The smallest absolute Gasteiger partial charge is 0.163 e. The normalized spacial score (nSPS) is 11.6. The molecule has 4 aromatic heterocycles. The number of nitrogens with zero attached hydrogens (tertiary/aromatic N) is 5. The van der Waals surface area contributed by atoms with Crippen molar-refractivity contribution >= 4 is 53.3 Å². The highest BCUT2D eigenvalue weighted by Crippen LogP contribution is 2.44.